The molecule has 1 rings (SSSR count). The number of methoxy groups -OCH3 is 1. The molecule has 0 aliphatic carbocycles. The molecule has 0 radical (unpaired) electrons. The summed E-state index contributed by atoms with van der Waals surface area (Å²) in [5, 5.41) is 13.9. The second kappa shape index (κ2) is 5.23. The summed E-state index contributed by atoms with van der Waals surface area (Å²) in [6.45, 7) is 4.04. The standard InChI is InChI=1S/C10H19N3O2/c1-7(2)10(15-4)8(14)5-9-11-6-12-13(9)3/h6-8,10,14H,5H2,1-4H3. The van der Waals surface area contributed by atoms with Crippen molar-refractivity contribution in [1.29, 1.82) is 0 Å². The van der Waals surface area contributed by atoms with Gasteiger partial charge < -0.3 is 9.84 Å². The van der Waals surface area contributed by atoms with Crippen LogP contribution in [0.2, 0.25) is 0 Å². The molecule has 0 amide bonds. The highest BCUT2D eigenvalue weighted by atomic mass is 16.5. The minimum absolute atomic E-state index is 0.165. The molecule has 1 aromatic rings. The van der Waals surface area contributed by atoms with Gasteiger partial charge in [-0.2, -0.15) is 5.10 Å². The van der Waals surface area contributed by atoms with Gasteiger partial charge in [0.25, 0.3) is 0 Å². The summed E-state index contributed by atoms with van der Waals surface area (Å²) in [6.07, 6.45) is 1.24. The van der Waals surface area contributed by atoms with Gasteiger partial charge in [-0.3, -0.25) is 4.68 Å². The van der Waals surface area contributed by atoms with Gasteiger partial charge in [-0.25, -0.2) is 4.98 Å². The summed E-state index contributed by atoms with van der Waals surface area (Å²) < 4.78 is 6.92. The van der Waals surface area contributed by atoms with Crippen molar-refractivity contribution in [3.8, 4) is 0 Å². The lowest BCUT2D eigenvalue weighted by atomic mass is 9.99. The van der Waals surface area contributed by atoms with Crippen LogP contribution in [-0.4, -0.2) is 39.2 Å². The van der Waals surface area contributed by atoms with Gasteiger partial charge in [0, 0.05) is 20.6 Å². The zero-order chi connectivity index (χ0) is 11.4. The minimum Gasteiger partial charge on any atom is -0.390 e. The molecule has 86 valence electrons. The van der Waals surface area contributed by atoms with Crippen molar-refractivity contribution in [2.75, 3.05) is 7.11 Å². The maximum absolute atomic E-state index is 9.97. The fraction of sp³-hybridized carbons (Fsp3) is 0.800. The summed E-state index contributed by atoms with van der Waals surface area (Å²) in [4.78, 5) is 4.07. The zero-order valence-corrected chi connectivity index (χ0v) is 9.71. The Bertz CT molecular complexity index is 299. The third-order valence-electron chi connectivity index (χ3n) is 2.51. The lowest BCUT2D eigenvalue weighted by molar-refractivity contribution is -0.0378. The average molecular weight is 213 g/mol. The van der Waals surface area contributed by atoms with Crippen molar-refractivity contribution in [2.45, 2.75) is 32.5 Å². The molecular weight excluding hydrogens is 194 g/mol. The number of hydrogen-bond donors (Lipinski definition) is 1. The van der Waals surface area contributed by atoms with Gasteiger partial charge in [0.05, 0.1) is 12.2 Å². The highest BCUT2D eigenvalue weighted by molar-refractivity contribution is 4.89. The fourth-order valence-corrected chi connectivity index (χ4v) is 1.68. The Morgan fingerprint density at radius 2 is 2.20 bits per heavy atom. The van der Waals surface area contributed by atoms with Gasteiger partial charge in [-0.1, -0.05) is 13.8 Å². The van der Waals surface area contributed by atoms with Gasteiger partial charge in [0.15, 0.2) is 0 Å². The van der Waals surface area contributed by atoms with Gasteiger partial charge in [0.1, 0.15) is 12.2 Å². The number of aliphatic hydroxyl groups excluding tert-OH is 1. The summed E-state index contributed by atoms with van der Waals surface area (Å²) in [7, 11) is 3.43. The van der Waals surface area contributed by atoms with Crippen LogP contribution >= 0.6 is 0 Å². The Morgan fingerprint density at radius 1 is 1.53 bits per heavy atom. The van der Waals surface area contributed by atoms with Crippen LogP contribution in [0.1, 0.15) is 19.7 Å². The van der Waals surface area contributed by atoms with Crippen molar-refractivity contribution in [1.82, 2.24) is 14.8 Å². The normalized spacial score (nSPS) is 15.6. The van der Waals surface area contributed by atoms with Crippen molar-refractivity contribution in [3.63, 3.8) is 0 Å². The van der Waals surface area contributed by atoms with Gasteiger partial charge in [0.2, 0.25) is 0 Å². The van der Waals surface area contributed by atoms with Crippen molar-refractivity contribution >= 4 is 0 Å². The lowest BCUT2D eigenvalue weighted by Crippen LogP contribution is -2.35. The highest BCUT2D eigenvalue weighted by Gasteiger charge is 2.23. The van der Waals surface area contributed by atoms with Crippen LogP contribution in [0.5, 0.6) is 0 Å². The molecule has 1 heterocycles. The van der Waals surface area contributed by atoms with E-state index in [9.17, 15) is 5.11 Å². The first-order chi connectivity index (χ1) is 7.06. The van der Waals surface area contributed by atoms with E-state index in [1.165, 1.54) is 6.33 Å². The number of aromatic nitrogens is 3. The second-order valence-corrected chi connectivity index (χ2v) is 4.02. The first-order valence-electron chi connectivity index (χ1n) is 5.10. The molecule has 2 unspecified atom stereocenters. The Balaban J connectivity index is 2.62. The first-order valence-corrected chi connectivity index (χ1v) is 5.10. The highest BCUT2D eigenvalue weighted by Crippen LogP contribution is 2.13. The van der Waals surface area contributed by atoms with Crippen LogP contribution in [0.3, 0.4) is 0 Å². The molecule has 0 bridgehead atoms. The van der Waals surface area contributed by atoms with Crippen LogP contribution in [0.15, 0.2) is 6.33 Å². The summed E-state index contributed by atoms with van der Waals surface area (Å²) in [5.41, 5.74) is 0. The maximum Gasteiger partial charge on any atom is 0.138 e. The van der Waals surface area contributed by atoms with Crippen LogP contribution in [-0.2, 0) is 18.2 Å². The average Bonchev–Trinajstić information content (AvgIpc) is 2.52. The number of aliphatic hydroxyl groups is 1. The molecule has 1 N–H and O–H groups in total. The van der Waals surface area contributed by atoms with E-state index in [0.717, 1.165) is 5.82 Å². The Labute approximate surface area is 90.1 Å². The third-order valence-corrected chi connectivity index (χ3v) is 2.51. The van der Waals surface area contributed by atoms with E-state index in [2.05, 4.69) is 10.1 Å². The number of hydrogen-bond acceptors (Lipinski definition) is 4. The summed E-state index contributed by atoms with van der Waals surface area (Å²) in [5.74, 6) is 1.04. The van der Waals surface area contributed by atoms with Crippen LogP contribution in [0.4, 0.5) is 0 Å². The molecule has 0 aliphatic rings. The Kier molecular flexibility index (Phi) is 4.23. The van der Waals surface area contributed by atoms with Gasteiger partial charge in [-0.05, 0) is 5.92 Å². The van der Waals surface area contributed by atoms with E-state index in [1.807, 2.05) is 20.9 Å². The molecule has 0 saturated carbocycles. The third kappa shape index (κ3) is 3.00. The molecule has 5 nitrogen and oxygen atoms in total. The van der Waals surface area contributed by atoms with Crippen LogP contribution in [0, 0.1) is 5.92 Å². The molecule has 0 aliphatic heterocycles. The van der Waals surface area contributed by atoms with Crippen LogP contribution < -0.4 is 0 Å². The van der Waals surface area contributed by atoms with E-state index < -0.39 is 6.10 Å². The van der Waals surface area contributed by atoms with Crippen molar-refractivity contribution in [2.24, 2.45) is 13.0 Å². The molecular formula is C10H19N3O2. The largest absolute Gasteiger partial charge is 0.390 e. The van der Waals surface area contributed by atoms with E-state index in [-0.39, 0.29) is 12.0 Å². The molecule has 0 spiro atoms. The van der Waals surface area contributed by atoms with Crippen LogP contribution in [0.25, 0.3) is 0 Å². The molecule has 0 saturated heterocycles. The van der Waals surface area contributed by atoms with Crippen molar-refractivity contribution < 1.29 is 9.84 Å². The zero-order valence-electron chi connectivity index (χ0n) is 9.71. The molecule has 0 aromatic carbocycles. The molecule has 1 aromatic heterocycles. The maximum atomic E-state index is 9.97. The van der Waals surface area contributed by atoms with Gasteiger partial charge in [-0.15, -0.1) is 0 Å². The number of rotatable bonds is 5. The minimum atomic E-state index is -0.544. The number of nitrogens with zero attached hydrogens (tertiary/aromatic N) is 3. The molecule has 15 heavy (non-hydrogen) atoms. The quantitative estimate of drug-likeness (QED) is 0.768. The second-order valence-electron chi connectivity index (χ2n) is 4.02. The predicted octanol–water partition coefficient (Wildman–Crippen LogP) is 0.389. The number of aryl methyl sites for hydroxylation is 1. The van der Waals surface area contributed by atoms with E-state index in [0.29, 0.717) is 6.42 Å². The molecule has 0 fully saturated rings. The van der Waals surface area contributed by atoms with E-state index in [4.69, 9.17) is 4.74 Å². The molecule has 2 atom stereocenters. The predicted molar refractivity (Wildman–Crippen MR) is 56.3 cm³/mol. The Hall–Kier alpha value is -0.940. The first kappa shape index (κ1) is 12.1. The monoisotopic (exact) mass is 213 g/mol. The summed E-state index contributed by atoms with van der Waals surface area (Å²) >= 11 is 0. The van der Waals surface area contributed by atoms with E-state index >= 15 is 0 Å². The number of ether oxygens (including phenoxy) is 1. The smallest absolute Gasteiger partial charge is 0.138 e. The topological polar surface area (TPSA) is 60.2 Å². The fourth-order valence-electron chi connectivity index (χ4n) is 1.68. The van der Waals surface area contributed by atoms with E-state index in [1.54, 1.807) is 11.8 Å². The van der Waals surface area contributed by atoms with Gasteiger partial charge >= 0.3 is 0 Å². The SMILES string of the molecule is COC(C(C)C)C(O)Cc1ncnn1C. The van der Waals surface area contributed by atoms with Crippen molar-refractivity contribution in [3.05, 3.63) is 12.2 Å². The lowest BCUT2D eigenvalue weighted by Gasteiger charge is -2.24. The molecule has 5 heteroatoms. The summed E-state index contributed by atoms with van der Waals surface area (Å²) in [6, 6.07) is 0. The Morgan fingerprint density at radius 3 is 2.60 bits per heavy atom.